The van der Waals surface area contributed by atoms with Crippen molar-refractivity contribution in [3.63, 3.8) is 0 Å². The summed E-state index contributed by atoms with van der Waals surface area (Å²) in [6, 6.07) is 5.09. The van der Waals surface area contributed by atoms with Crippen LogP contribution in [0.1, 0.15) is 11.1 Å². The van der Waals surface area contributed by atoms with Crippen LogP contribution in [-0.2, 0) is 11.2 Å². The predicted molar refractivity (Wildman–Crippen MR) is 78.3 cm³/mol. The molecule has 0 unspecified atom stereocenters. The fourth-order valence-electron chi connectivity index (χ4n) is 1.76. The van der Waals surface area contributed by atoms with Crippen LogP contribution in [0.4, 0.5) is 0 Å². The monoisotopic (exact) mass is 310 g/mol. The first-order valence-corrected chi connectivity index (χ1v) is 6.50. The van der Waals surface area contributed by atoms with Crippen molar-refractivity contribution in [1.29, 1.82) is 0 Å². The lowest BCUT2D eigenvalue weighted by atomic mass is 10.2. The number of H-pyrrole nitrogens is 1. The Hall–Kier alpha value is -1.92. The molecule has 0 aliphatic rings. The first kappa shape index (κ1) is 14.5. The van der Waals surface area contributed by atoms with Gasteiger partial charge in [0.1, 0.15) is 0 Å². The van der Waals surface area contributed by atoms with Gasteiger partial charge in [-0.1, -0.05) is 17.7 Å². The Morgan fingerprint density at radius 1 is 1.50 bits per heavy atom. The van der Waals surface area contributed by atoms with E-state index in [0.717, 1.165) is 5.56 Å². The molecular weight excluding hydrogens is 300 g/mol. The number of aliphatic carboxylic acids is 1. The Kier molecular flexibility index (Phi) is 4.06. The van der Waals surface area contributed by atoms with Gasteiger partial charge in [-0.15, -0.1) is 0 Å². The largest absolute Gasteiger partial charge is 0.481 e. The zero-order chi connectivity index (χ0) is 14.9. The fraction of sp³-hybridized carbons (Fsp3) is 0.154. The highest BCUT2D eigenvalue weighted by atomic mass is 35.5. The number of aromatic amines is 1. The molecule has 0 radical (unpaired) electrons. The fourth-order valence-corrected chi connectivity index (χ4v) is 2.18. The number of hydrogen-bond acceptors (Lipinski definition) is 3. The van der Waals surface area contributed by atoms with Crippen molar-refractivity contribution in [2.24, 2.45) is 0 Å². The smallest absolute Gasteiger partial charge is 0.308 e. The summed E-state index contributed by atoms with van der Waals surface area (Å²) < 4.78 is 1.42. The van der Waals surface area contributed by atoms with Gasteiger partial charge < -0.3 is 10.1 Å². The maximum Gasteiger partial charge on any atom is 0.308 e. The normalized spacial score (nSPS) is 10.5. The number of benzene rings is 1. The SMILES string of the molecule is Cc1ccc(-n2c(=S)[nH]cc(CC(=O)O)c2=O)cc1Cl. The van der Waals surface area contributed by atoms with Gasteiger partial charge in [-0.25, -0.2) is 0 Å². The summed E-state index contributed by atoms with van der Waals surface area (Å²) in [5, 5.41) is 9.30. The number of aromatic nitrogens is 2. The van der Waals surface area contributed by atoms with E-state index in [1.807, 2.05) is 6.92 Å². The zero-order valence-corrected chi connectivity index (χ0v) is 12.1. The summed E-state index contributed by atoms with van der Waals surface area (Å²) in [7, 11) is 0. The van der Waals surface area contributed by atoms with Gasteiger partial charge in [0.25, 0.3) is 5.56 Å². The van der Waals surface area contributed by atoms with Crippen molar-refractivity contribution in [1.82, 2.24) is 9.55 Å². The average molecular weight is 311 g/mol. The van der Waals surface area contributed by atoms with Crippen LogP contribution in [0, 0.1) is 11.7 Å². The van der Waals surface area contributed by atoms with E-state index in [1.54, 1.807) is 18.2 Å². The second-order valence-electron chi connectivity index (χ2n) is 4.26. The van der Waals surface area contributed by atoms with Crippen molar-refractivity contribution in [3.8, 4) is 5.69 Å². The molecule has 0 saturated heterocycles. The van der Waals surface area contributed by atoms with Crippen molar-refractivity contribution in [2.75, 3.05) is 0 Å². The maximum absolute atomic E-state index is 12.3. The molecule has 5 nitrogen and oxygen atoms in total. The van der Waals surface area contributed by atoms with E-state index in [1.165, 1.54) is 10.8 Å². The van der Waals surface area contributed by atoms with Gasteiger partial charge in [0.2, 0.25) is 0 Å². The Morgan fingerprint density at radius 2 is 2.20 bits per heavy atom. The van der Waals surface area contributed by atoms with E-state index >= 15 is 0 Å². The molecule has 1 heterocycles. The molecule has 20 heavy (non-hydrogen) atoms. The molecular formula is C13H11ClN2O3S. The number of halogens is 1. The number of rotatable bonds is 3. The van der Waals surface area contributed by atoms with Crippen LogP contribution >= 0.6 is 23.8 Å². The number of carboxylic acid groups (broad SMARTS) is 1. The number of hydrogen-bond donors (Lipinski definition) is 2. The van der Waals surface area contributed by atoms with Gasteiger partial charge >= 0.3 is 5.97 Å². The highest BCUT2D eigenvalue weighted by Gasteiger charge is 2.11. The molecule has 0 atom stereocenters. The van der Waals surface area contributed by atoms with Crippen LogP contribution in [-0.4, -0.2) is 20.6 Å². The molecule has 2 aromatic rings. The molecule has 2 rings (SSSR count). The summed E-state index contributed by atoms with van der Waals surface area (Å²) in [6.07, 6.45) is 0.954. The highest BCUT2D eigenvalue weighted by Crippen LogP contribution is 2.18. The lowest BCUT2D eigenvalue weighted by Gasteiger charge is -2.09. The van der Waals surface area contributed by atoms with Crippen LogP contribution < -0.4 is 5.56 Å². The molecule has 0 fully saturated rings. The minimum absolute atomic E-state index is 0.128. The molecule has 7 heteroatoms. The minimum atomic E-state index is -1.08. The minimum Gasteiger partial charge on any atom is -0.481 e. The second kappa shape index (κ2) is 5.60. The molecule has 104 valence electrons. The maximum atomic E-state index is 12.3. The molecule has 0 bridgehead atoms. The van der Waals surface area contributed by atoms with Crippen molar-refractivity contribution in [2.45, 2.75) is 13.3 Å². The van der Waals surface area contributed by atoms with Gasteiger partial charge in [0.15, 0.2) is 4.77 Å². The van der Waals surface area contributed by atoms with E-state index in [4.69, 9.17) is 28.9 Å². The molecule has 0 saturated carbocycles. The lowest BCUT2D eigenvalue weighted by Crippen LogP contribution is -2.25. The standard InChI is InChI=1S/C13H11ClN2O3S/c1-7-2-3-9(5-10(7)14)16-12(19)8(4-11(17)18)6-15-13(16)20/h2-3,5-6H,4H2,1H3,(H,15,20)(H,17,18). The molecule has 2 N–H and O–H groups in total. The van der Waals surface area contributed by atoms with Crippen LogP contribution in [0.15, 0.2) is 29.2 Å². The molecule has 1 aromatic heterocycles. The topological polar surface area (TPSA) is 75.1 Å². The average Bonchev–Trinajstić information content (AvgIpc) is 2.37. The van der Waals surface area contributed by atoms with Gasteiger partial charge in [-0.3, -0.25) is 14.2 Å². The Morgan fingerprint density at radius 3 is 2.80 bits per heavy atom. The van der Waals surface area contributed by atoms with Gasteiger partial charge in [0.05, 0.1) is 12.1 Å². The first-order chi connectivity index (χ1) is 9.40. The first-order valence-electron chi connectivity index (χ1n) is 5.72. The zero-order valence-electron chi connectivity index (χ0n) is 10.5. The number of nitrogens with zero attached hydrogens (tertiary/aromatic N) is 1. The number of carbonyl (C=O) groups is 1. The summed E-state index contributed by atoms with van der Waals surface area (Å²) in [4.78, 5) is 25.8. The summed E-state index contributed by atoms with van der Waals surface area (Å²) in [5.74, 6) is -1.08. The predicted octanol–water partition coefficient (Wildman–Crippen LogP) is 2.48. The third kappa shape index (κ3) is 2.81. The van der Waals surface area contributed by atoms with E-state index in [0.29, 0.717) is 10.7 Å². The molecule has 0 aliphatic carbocycles. The molecule has 0 aliphatic heterocycles. The Bertz CT molecular complexity index is 795. The highest BCUT2D eigenvalue weighted by molar-refractivity contribution is 7.71. The van der Waals surface area contributed by atoms with Crippen LogP contribution in [0.25, 0.3) is 5.69 Å². The summed E-state index contributed by atoms with van der Waals surface area (Å²) >= 11 is 11.1. The molecule has 0 amide bonds. The third-order valence-electron chi connectivity index (χ3n) is 2.81. The number of nitrogens with one attached hydrogen (secondary N) is 1. The van der Waals surface area contributed by atoms with Crippen LogP contribution in [0.3, 0.4) is 0 Å². The van der Waals surface area contributed by atoms with Crippen LogP contribution in [0.5, 0.6) is 0 Å². The Balaban J connectivity index is 2.67. The van der Waals surface area contributed by atoms with Crippen molar-refractivity contribution in [3.05, 3.63) is 55.7 Å². The second-order valence-corrected chi connectivity index (χ2v) is 5.06. The van der Waals surface area contributed by atoms with Gasteiger partial charge in [0, 0.05) is 16.8 Å². The third-order valence-corrected chi connectivity index (χ3v) is 3.51. The number of carboxylic acids is 1. The van der Waals surface area contributed by atoms with E-state index in [-0.39, 0.29) is 16.8 Å². The van der Waals surface area contributed by atoms with E-state index in [2.05, 4.69) is 4.98 Å². The summed E-state index contributed by atoms with van der Waals surface area (Å²) in [6.45, 7) is 1.84. The lowest BCUT2D eigenvalue weighted by molar-refractivity contribution is -0.136. The summed E-state index contributed by atoms with van der Waals surface area (Å²) in [5.41, 5.74) is 1.04. The van der Waals surface area contributed by atoms with E-state index in [9.17, 15) is 9.59 Å². The van der Waals surface area contributed by atoms with Crippen LogP contribution in [0.2, 0.25) is 5.02 Å². The molecule has 1 aromatic carbocycles. The number of aryl methyl sites for hydroxylation is 1. The Labute approximate surface area is 124 Å². The van der Waals surface area contributed by atoms with Crippen molar-refractivity contribution >= 4 is 29.8 Å². The van der Waals surface area contributed by atoms with Gasteiger partial charge in [-0.2, -0.15) is 0 Å². The quantitative estimate of drug-likeness (QED) is 0.854. The van der Waals surface area contributed by atoms with E-state index < -0.39 is 11.5 Å². The molecule has 0 spiro atoms. The van der Waals surface area contributed by atoms with Gasteiger partial charge in [-0.05, 0) is 36.8 Å². The van der Waals surface area contributed by atoms with Crippen molar-refractivity contribution < 1.29 is 9.90 Å².